The van der Waals surface area contributed by atoms with Crippen LogP contribution < -0.4 is 5.73 Å². The molecule has 0 radical (unpaired) electrons. The van der Waals surface area contributed by atoms with E-state index in [4.69, 9.17) is 5.73 Å². The first kappa shape index (κ1) is 11.1. The maximum Gasteiger partial charge on any atom is 0.324 e. The summed E-state index contributed by atoms with van der Waals surface area (Å²) in [6, 6.07) is 9.75. The molecule has 0 aliphatic heterocycles. The summed E-state index contributed by atoms with van der Waals surface area (Å²) in [5, 5.41) is 9.30. The van der Waals surface area contributed by atoms with Gasteiger partial charge in [0.05, 0.1) is 0 Å². The molecule has 1 aromatic carbocycles. The minimum Gasteiger partial charge on any atom is -0.480 e. The summed E-state index contributed by atoms with van der Waals surface area (Å²) in [6.07, 6.45) is 3.41. The second-order valence-electron chi connectivity index (χ2n) is 4.55. The van der Waals surface area contributed by atoms with E-state index in [1.165, 1.54) is 0 Å². The van der Waals surface area contributed by atoms with Crippen LogP contribution in [0, 0.1) is 0 Å². The van der Waals surface area contributed by atoms with Gasteiger partial charge in [0.25, 0.3) is 0 Å². The lowest BCUT2D eigenvalue weighted by Gasteiger charge is -2.38. The fraction of sp³-hybridized carbons (Fsp3) is 0.462. The van der Waals surface area contributed by atoms with Gasteiger partial charge in [0.2, 0.25) is 0 Å². The molecule has 2 atom stereocenters. The third kappa shape index (κ3) is 1.83. The average molecular weight is 219 g/mol. The van der Waals surface area contributed by atoms with Crippen LogP contribution in [0.15, 0.2) is 30.3 Å². The summed E-state index contributed by atoms with van der Waals surface area (Å²) in [5.41, 5.74) is 6.04. The van der Waals surface area contributed by atoms with Crippen LogP contribution in [0.2, 0.25) is 0 Å². The van der Waals surface area contributed by atoms with Gasteiger partial charge in [0, 0.05) is 5.92 Å². The normalized spacial score (nSPS) is 29.9. The van der Waals surface area contributed by atoms with E-state index in [-0.39, 0.29) is 5.92 Å². The first-order chi connectivity index (χ1) is 7.64. The largest absolute Gasteiger partial charge is 0.480 e. The van der Waals surface area contributed by atoms with E-state index >= 15 is 0 Å². The maximum absolute atomic E-state index is 11.3. The number of hydrogen-bond donors (Lipinski definition) is 2. The molecule has 1 saturated carbocycles. The molecule has 0 heterocycles. The molecule has 1 fully saturated rings. The molecule has 1 aromatic rings. The lowest BCUT2D eigenvalue weighted by molar-refractivity contribution is -0.145. The molecule has 0 bridgehead atoms. The highest BCUT2D eigenvalue weighted by Crippen LogP contribution is 2.39. The molecule has 0 aromatic heterocycles. The third-order valence-corrected chi connectivity index (χ3v) is 3.56. The molecular formula is C13H17NO2. The Kier molecular flexibility index (Phi) is 2.97. The fourth-order valence-electron chi connectivity index (χ4n) is 2.60. The van der Waals surface area contributed by atoms with Crippen LogP contribution in [0.3, 0.4) is 0 Å². The van der Waals surface area contributed by atoms with Crippen molar-refractivity contribution in [3.05, 3.63) is 35.9 Å². The van der Waals surface area contributed by atoms with Gasteiger partial charge in [0.1, 0.15) is 5.54 Å². The molecule has 2 rings (SSSR count). The van der Waals surface area contributed by atoms with Crippen molar-refractivity contribution in [3.8, 4) is 0 Å². The predicted molar refractivity (Wildman–Crippen MR) is 62.2 cm³/mol. The zero-order chi connectivity index (χ0) is 11.6. The van der Waals surface area contributed by atoms with Crippen molar-refractivity contribution in [2.24, 2.45) is 5.73 Å². The van der Waals surface area contributed by atoms with E-state index < -0.39 is 11.5 Å². The zero-order valence-electron chi connectivity index (χ0n) is 9.23. The first-order valence-corrected chi connectivity index (χ1v) is 5.72. The van der Waals surface area contributed by atoms with Crippen molar-refractivity contribution in [1.82, 2.24) is 0 Å². The van der Waals surface area contributed by atoms with Crippen LogP contribution in [0.5, 0.6) is 0 Å². The van der Waals surface area contributed by atoms with Crippen LogP contribution in [-0.2, 0) is 4.79 Å². The van der Waals surface area contributed by atoms with E-state index in [0.29, 0.717) is 6.42 Å². The molecule has 3 nitrogen and oxygen atoms in total. The Labute approximate surface area is 95.3 Å². The van der Waals surface area contributed by atoms with E-state index in [2.05, 4.69) is 0 Å². The highest BCUT2D eigenvalue weighted by atomic mass is 16.4. The Morgan fingerprint density at radius 2 is 2.00 bits per heavy atom. The van der Waals surface area contributed by atoms with Crippen LogP contribution in [0.4, 0.5) is 0 Å². The number of hydrogen-bond acceptors (Lipinski definition) is 2. The van der Waals surface area contributed by atoms with Gasteiger partial charge in [-0.05, 0) is 18.4 Å². The van der Waals surface area contributed by atoms with Crippen molar-refractivity contribution >= 4 is 5.97 Å². The maximum atomic E-state index is 11.3. The summed E-state index contributed by atoms with van der Waals surface area (Å²) in [5.74, 6) is -0.930. The lowest BCUT2D eigenvalue weighted by atomic mass is 9.70. The van der Waals surface area contributed by atoms with Crippen LogP contribution in [0.1, 0.15) is 37.2 Å². The standard InChI is InChI=1S/C13H17NO2/c14-13(12(15)16)9-5-4-8-11(13)10-6-2-1-3-7-10/h1-3,6-7,11H,4-5,8-9,14H2,(H,15,16)/t11?,13-/m0/s1. The summed E-state index contributed by atoms with van der Waals surface area (Å²) in [4.78, 5) is 11.3. The van der Waals surface area contributed by atoms with Gasteiger partial charge in [-0.25, -0.2) is 0 Å². The Hall–Kier alpha value is -1.35. The minimum atomic E-state index is -1.08. The van der Waals surface area contributed by atoms with Gasteiger partial charge < -0.3 is 10.8 Å². The summed E-state index contributed by atoms with van der Waals surface area (Å²) >= 11 is 0. The van der Waals surface area contributed by atoms with Crippen molar-refractivity contribution < 1.29 is 9.90 Å². The van der Waals surface area contributed by atoms with E-state index in [9.17, 15) is 9.90 Å². The Balaban J connectivity index is 2.34. The molecule has 0 spiro atoms. The molecule has 16 heavy (non-hydrogen) atoms. The van der Waals surface area contributed by atoms with Gasteiger partial charge in [-0.1, -0.05) is 43.2 Å². The molecular weight excluding hydrogens is 202 g/mol. The number of carboxylic acid groups (broad SMARTS) is 1. The van der Waals surface area contributed by atoms with E-state index in [1.54, 1.807) is 0 Å². The van der Waals surface area contributed by atoms with Crippen molar-refractivity contribution in [1.29, 1.82) is 0 Å². The molecule has 1 aliphatic rings. The number of rotatable bonds is 2. The van der Waals surface area contributed by atoms with Crippen molar-refractivity contribution in [3.63, 3.8) is 0 Å². The quantitative estimate of drug-likeness (QED) is 0.800. The van der Waals surface area contributed by atoms with Crippen LogP contribution >= 0.6 is 0 Å². The minimum absolute atomic E-state index is 0.0556. The van der Waals surface area contributed by atoms with Gasteiger partial charge in [-0.3, -0.25) is 4.79 Å². The number of carboxylic acids is 1. The highest BCUT2D eigenvalue weighted by Gasteiger charge is 2.44. The monoisotopic (exact) mass is 219 g/mol. The van der Waals surface area contributed by atoms with Crippen LogP contribution in [0.25, 0.3) is 0 Å². The van der Waals surface area contributed by atoms with E-state index in [1.807, 2.05) is 30.3 Å². The molecule has 3 heteroatoms. The second-order valence-corrected chi connectivity index (χ2v) is 4.55. The van der Waals surface area contributed by atoms with Gasteiger partial charge in [-0.15, -0.1) is 0 Å². The fourth-order valence-corrected chi connectivity index (χ4v) is 2.60. The first-order valence-electron chi connectivity index (χ1n) is 5.72. The molecule has 0 saturated heterocycles. The Bertz CT molecular complexity index is 377. The topological polar surface area (TPSA) is 63.3 Å². The number of benzene rings is 1. The SMILES string of the molecule is N[C@@]1(C(=O)O)CCCCC1c1ccccc1. The summed E-state index contributed by atoms with van der Waals surface area (Å²) in [7, 11) is 0. The predicted octanol–water partition coefficient (Wildman–Crippen LogP) is 2.13. The molecule has 3 N–H and O–H groups in total. The molecule has 1 aliphatic carbocycles. The number of carbonyl (C=O) groups is 1. The highest BCUT2D eigenvalue weighted by molar-refractivity contribution is 5.80. The molecule has 1 unspecified atom stereocenters. The third-order valence-electron chi connectivity index (χ3n) is 3.56. The van der Waals surface area contributed by atoms with Crippen LogP contribution in [-0.4, -0.2) is 16.6 Å². The van der Waals surface area contributed by atoms with Crippen molar-refractivity contribution in [2.75, 3.05) is 0 Å². The number of aliphatic carboxylic acids is 1. The molecule has 0 amide bonds. The smallest absolute Gasteiger partial charge is 0.324 e. The van der Waals surface area contributed by atoms with Gasteiger partial charge in [-0.2, -0.15) is 0 Å². The van der Waals surface area contributed by atoms with E-state index in [0.717, 1.165) is 24.8 Å². The van der Waals surface area contributed by atoms with Crippen molar-refractivity contribution in [2.45, 2.75) is 37.1 Å². The average Bonchev–Trinajstić information content (AvgIpc) is 2.30. The zero-order valence-corrected chi connectivity index (χ0v) is 9.23. The van der Waals surface area contributed by atoms with Gasteiger partial charge >= 0.3 is 5.97 Å². The van der Waals surface area contributed by atoms with Gasteiger partial charge in [0.15, 0.2) is 0 Å². The second kappa shape index (κ2) is 4.26. The Morgan fingerprint density at radius 1 is 1.31 bits per heavy atom. The summed E-state index contributed by atoms with van der Waals surface area (Å²) < 4.78 is 0. The summed E-state index contributed by atoms with van der Waals surface area (Å²) in [6.45, 7) is 0. The number of nitrogens with two attached hydrogens (primary N) is 1. The molecule has 86 valence electrons. The Morgan fingerprint density at radius 3 is 2.62 bits per heavy atom. The lowest BCUT2D eigenvalue weighted by Crippen LogP contribution is -2.54.